The maximum atomic E-state index is 13.4. The number of aliphatic imine (C=N–C) groups is 1. The van der Waals surface area contributed by atoms with Crippen LogP contribution in [0.2, 0.25) is 0 Å². The van der Waals surface area contributed by atoms with Crippen LogP contribution in [0.3, 0.4) is 0 Å². The van der Waals surface area contributed by atoms with Crippen LogP contribution < -0.4 is 15.4 Å². The van der Waals surface area contributed by atoms with E-state index in [1.54, 1.807) is 7.05 Å². The highest BCUT2D eigenvalue weighted by atomic mass is 127. The average Bonchev–Trinajstić information content (AvgIpc) is 2.65. The van der Waals surface area contributed by atoms with Gasteiger partial charge in [0.25, 0.3) is 0 Å². The first-order chi connectivity index (χ1) is 12.7. The van der Waals surface area contributed by atoms with Gasteiger partial charge in [0, 0.05) is 19.7 Å². The lowest BCUT2D eigenvalue weighted by molar-refractivity contribution is 0.125. The molecule has 0 aliphatic rings. The van der Waals surface area contributed by atoms with Crippen molar-refractivity contribution in [2.24, 2.45) is 4.99 Å². The standard InChI is InChI=1S/C19H23F2N3O2.HI/c1-22-19(23-9-11-25-14-15-5-3-2-4-6-15)24-10-12-26-18-8-7-16(20)13-17(18)21;/h2-8,13H,9-12,14H2,1H3,(H2,22,23,24);1H. The summed E-state index contributed by atoms with van der Waals surface area (Å²) >= 11 is 0. The monoisotopic (exact) mass is 491 g/mol. The summed E-state index contributed by atoms with van der Waals surface area (Å²) in [6.45, 7) is 2.33. The number of rotatable bonds is 9. The van der Waals surface area contributed by atoms with Crippen LogP contribution in [0.15, 0.2) is 53.5 Å². The highest BCUT2D eigenvalue weighted by Gasteiger charge is 2.04. The topological polar surface area (TPSA) is 54.9 Å². The molecule has 0 atom stereocenters. The molecule has 0 saturated carbocycles. The summed E-state index contributed by atoms with van der Waals surface area (Å²) < 4.78 is 37.1. The van der Waals surface area contributed by atoms with Gasteiger partial charge in [-0.1, -0.05) is 30.3 Å². The molecule has 2 N–H and O–H groups in total. The normalized spacial score (nSPS) is 10.9. The highest BCUT2D eigenvalue weighted by Crippen LogP contribution is 2.17. The lowest BCUT2D eigenvalue weighted by Gasteiger charge is -2.13. The molecule has 2 aromatic carbocycles. The van der Waals surface area contributed by atoms with Crippen molar-refractivity contribution in [2.45, 2.75) is 6.61 Å². The summed E-state index contributed by atoms with van der Waals surface area (Å²) in [6.07, 6.45) is 0. The Morgan fingerprint density at radius 3 is 2.37 bits per heavy atom. The summed E-state index contributed by atoms with van der Waals surface area (Å²) in [6, 6.07) is 13.2. The van der Waals surface area contributed by atoms with Crippen LogP contribution in [0.5, 0.6) is 5.75 Å². The molecule has 0 fully saturated rings. The van der Waals surface area contributed by atoms with Crippen molar-refractivity contribution in [3.8, 4) is 5.75 Å². The Labute approximate surface area is 175 Å². The predicted octanol–water partition coefficient (Wildman–Crippen LogP) is 3.34. The van der Waals surface area contributed by atoms with Crippen LogP contribution in [0, 0.1) is 11.6 Å². The molecule has 0 heterocycles. The van der Waals surface area contributed by atoms with Crippen LogP contribution in [-0.4, -0.2) is 39.3 Å². The Balaban J connectivity index is 0.00000364. The van der Waals surface area contributed by atoms with E-state index >= 15 is 0 Å². The molecule has 0 unspecified atom stereocenters. The molecule has 148 valence electrons. The third-order valence-corrected chi connectivity index (χ3v) is 3.42. The molecule has 8 heteroatoms. The Morgan fingerprint density at radius 1 is 1.00 bits per heavy atom. The van der Waals surface area contributed by atoms with Gasteiger partial charge in [-0.2, -0.15) is 0 Å². The van der Waals surface area contributed by atoms with Gasteiger partial charge in [-0.15, -0.1) is 24.0 Å². The molecular weight excluding hydrogens is 467 g/mol. The third kappa shape index (κ3) is 9.00. The van der Waals surface area contributed by atoms with E-state index < -0.39 is 11.6 Å². The van der Waals surface area contributed by atoms with Crippen LogP contribution in [-0.2, 0) is 11.3 Å². The van der Waals surface area contributed by atoms with E-state index in [4.69, 9.17) is 9.47 Å². The van der Waals surface area contributed by atoms with Crippen LogP contribution in [0.1, 0.15) is 5.56 Å². The number of ether oxygens (including phenoxy) is 2. The summed E-state index contributed by atoms with van der Waals surface area (Å²) in [7, 11) is 1.65. The molecule has 0 aliphatic carbocycles. The zero-order valence-electron chi connectivity index (χ0n) is 15.1. The molecule has 0 aromatic heterocycles. The number of nitrogens with zero attached hydrogens (tertiary/aromatic N) is 1. The van der Waals surface area contributed by atoms with Crippen molar-refractivity contribution < 1.29 is 18.3 Å². The van der Waals surface area contributed by atoms with E-state index in [0.29, 0.717) is 32.3 Å². The summed E-state index contributed by atoms with van der Waals surface area (Å²) in [5.74, 6) is -0.739. The fourth-order valence-corrected chi connectivity index (χ4v) is 2.15. The molecule has 0 spiro atoms. The minimum Gasteiger partial charge on any atom is -0.489 e. The average molecular weight is 491 g/mol. The molecular formula is C19H24F2IN3O2. The molecule has 27 heavy (non-hydrogen) atoms. The fourth-order valence-electron chi connectivity index (χ4n) is 2.15. The molecule has 0 amide bonds. The largest absolute Gasteiger partial charge is 0.489 e. The van der Waals surface area contributed by atoms with Crippen LogP contribution in [0.25, 0.3) is 0 Å². The Kier molecular flexibility index (Phi) is 11.3. The number of guanidine groups is 1. The first kappa shape index (κ1) is 23.1. The molecule has 2 aromatic rings. The minimum atomic E-state index is -0.719. The van der Waals surface area contributed by atoms with Gasteiger partial charge in [-0.3, -0.25) is 4.99 Å². The van der Waals surface area contributed by atoms with Gasteiger partial charge in [0.15, 0.2) is 17.5 Å². The van der Waals surface area contributed by atoms with Gasteiger partial charge in [-0.05, 0) is 17.7 Å². The maximum absolute atomic E-state index is 13.4. The van der Waals surface area contributed by atoms with Crippen LogP contribution >= 0.6 is 24.0 Å². The second kappa shape index (κ2) is 13.3. The first-order valence-electron chi connectivity index (χ1n) is 8.33. The molecule has 0 bridgehead atoms. The zero-order chi connectivity index (χ0) is 18.6. The van der Waals surface area contributed by atoms with Gasteiger partial charge < -0.3 is 20.1 Å². The van der Waals surface area contributed by atoms with E-state index in [1.165, 1.54) is 6.07 Å². The van der Waals surface area contributed by atoms with Crippen molar-refractivity contribution in [3.05, 3.63) is 65.7 Å². The summed E-state index contributed by atoms with van der Waals surface area (Å²) in [5, 5.41) is 6.15. The van der Waals surface area contributed by atoms with Gasteiger partial charge in [0.05, 0.1) is 19.8 Å². The maximum Gasteiger partial charge on any atom is 0.191 e. The lowest BCUT2D eigenvalue weighted by atomic mass is 10.2. The summed E-state index contributed by atoms with van der Waals surface area (Å²) in [4.78, 5) is 4.08. The van der Waals surface area contributed by atoms with Crippen LogP contribution in [0.4, 0.5) is 8.78 Å². The smallest absolute Gasteiger partial charge is 0.191 e. The second-order valence-corrected chi connectivity index (χ2v) is 5.39. The van der Waals surface area contributed by atoms with E-state index in [-0.39, 0.29) is 36.3 Å². The zero-order valence-corrected chi connectivity index (χ0v) is 17.4. The number of hydrogen-bond acceptors (Lipinski definition) is 3. The van der Waals surface area contributed by atoms with E-state index in [1.807, 2.05) is 30.3 Å². The SMILES string of the molecule is CN=C(NCCOCc1ccccc1)NCCOc1ccc(F)cc1F.I. The molecule has 0 saturated heterocycles. The van der Waals surface area contributed by atoms with E-state index in [9.17, 15) is 8.78 Å². The van der Waals surface area contributed by atoms with Gasteiger partial charge in [0.2, 0.25) is 0 Å². The van der Waals surface area contributed by atoms with Crippen molar-refractivity contribution in [2.75, 3.05) is 33.4 Å². The third-order valence-electron chi connectivity index (χ3n) is 3.42. The lowest BCUT2D eigenvalue weighted by Crippen LogP contribution is -2.40. The highest BCUT2D eigenvalue weighted by molar-refractivity contribution is 14.0. The predicted molar refractivity (Wildman–Crippen MR) is 113 cm³/mol. The van der Waals surface area contributed by atoms with Gasteiger partial charge in [0.1, 0.15) is 12.4 Å². The molecule has 0 radical (unpaired) electrons. The minimum absolute atomic E-state index is 0. The quantitative estimate of drug-likeness (QED) is 0.245. The van der Waals surface area contributed by atoms with Crippen molar-refractivity contribution in [3.63, 3.8) is 0 Å². The Hall–Kier alpha value is -1.94. The number of halogens is 3. The number of nitrogens with one attached hydrogen (secondary N) is 2. The first-order valence-corrected chi connectivity index (χ1v) is 8.33. The van der Waals surface area contributed by atoms with Gasteiger partial charge in [-0.25, -0.2) is 8.78 Å². The van der Waals surface area contributed by atoms with Crippen molar-refractivity contribution in [1.29, 1.82) is 0 Å². The number of hydrogen-bond donors (Lipinski definition) is 2. The Morgan fingerprint density at radius 2 is 1.70 bits per heavy atom. The molecule has 0 aliphatic heterocycles. The van der Waals surface area contributed by atoms with E-state index in [0.717, 1.165) is 17.7 Å². The molecule has 5 nitrogen and oxygen atoms in total. The Bertz CT molecular complexity index is 703. The molecule has 2 rings (SSSR count). The van der Waals surface area contributed by atoms with Crippen molar-refractivity contribution in [1.82, 2.24) is 10.6 Å². The van der Waals surface area contributed by atoms with Crippen molar-refractivity contribution >= 4 is 29.9 Å². The number of benzene rings is 2. The van der Waals surface area contributed by atoms with E-state index in [2.05, 4.69) is 15.6 Å². The van der Waals surface area contributed by atoms with Gasteiger partial charge >= 0.3 is 0 Å². The fraction of sp³-hybridized carbons (Fsp3) is 0.316. The summed E-state index contributed by atoms with van der Waals surface area (Å²) in [5.41, 5.74) is 1.13. The second-order valence-electron chi connectivity index (χ2n) is 5.39.